The first kappa shape index (κ1) is 17.7. The van der Waals surface area contributed by atoms with E-state index >= 15 is 0 Å². The molecule has 1 aliphatic heterocycles. The summed E-state index contributed by atoms with van der Waals surface area (Å²) in [5, 5.41) is 1.45. The Bertz CT molecular complexity index is 1050. The van der Waals surface area contributed by atoms with E-state index in [4.69, 9.17) is 11.6 Å². The predicted octanol–water partition coefficient (Wildman–Crippen LogP) is 3.60. The normalized spacial score (nSPS) is 16.3. The van der Waals surface area contributed by atoms with Gasteiger partial charge < -0.3 is 4.90 Å². The lowest BCUT2D eigenvalue weighted by molar-refractivity contribution is 0.385. The summed E-state index contributed by atoms with van der Waals surface area (Å²) in [6, 6.07) is 10.6. The molecule has 1 aromatic heterocycles. The number of fused-ring (bicyclic) bond motifs is 1. The van der Waals surface area contributed by atoms with Gasteiger partial charge in [0, 0.05) is 26.2 Å². The van der Waals surface area contributed by atoms with E-state index in [1.165, 1.54) is 16.4 Å². The van der Waals surface area contributed by atoms with Crippen molar-refractivity contribution in [2.75, 3.05) is 31.1 Å². The summed E-state index contributed by atoms with van der Waals surface area (Å²) in [6.45, 7) is 1.78. The summed E-state index contributed by atoms with van der Waals surface area (Å²) < 4.78 is 40.8. The molecule has 0 spiro atoms. The number of halogens is 2. The van der Waals surface area contributed by atoms with E-state index in [1.807, 2.05) is 12.1 Å². The fraction of sp³-hybridized carbons (Fsp3) is 0.235. The van der Waals surface area contributed by atoms with Gasteiger partial charge in [-0.2, -0.15) is 4.31 Å². The number of hydrogen-bond donors (Lipinski definition) is 0. The van der Waals surface area contributed by atoms with Crippen molar-refractivity contribution in [3.8, 4) is 0 Å². The lowest BCUT2D eigenvalue weighted by Gasteiger charge is -2.33. The molecule has 1 saturated heterocycles. The molecule has 2 heterocycles. The van der Waals surface area contributed by atoms with Gasteiger partial charge in [0.25, 0.3) is 0 Å². The highest BCUT2D eigenvalue weighted by Gasteiger charge is 2.29. The van der Waals surface area contributed by atoms with Gasteiger partial charge >= 0.3 is 0 Å². The molecule has 0 unspecified atom stereocenters. The third-order valence-electron chi connectivity index (χ3n) is 4.32. The van der Waals surface area contributed by atoms with Crippen LogP contribution in [0.5, 0.6) is 0 Å². The van der Waals surface area contributed by atoms with E-state index in [9.17, 15) is 12.8 Å². The zero-order valence-electron chi connectivity index (χ0n) is 13.6. The van der Waals surface area contributed by atoms with E-state index in [2.05, 4.69) is 9.88 Å². The molecule has 0 N–H and O–H groups in total. The molecule has 9 heteroatoms. The third-order valence-corrected chi connectivity index (χ3v) is 7.62. The van der Waals surface area contributed by atoms with Gasteiger partial charge in [0.05, 0.1) is 14.6 Å². The number of anilines is 1. The molecule has 0 bridgehead atoms. The maximum atomic E-state index is 13.0. The van der Waals surface area contributed by atoms with Gasteiger partial charge in [-0.25, -0.2) is 17.8 Å². The van der Waals surface area contributed by atoms with Crippen LogP contribution in [-0.4, -0.2) is 43.9 Å². The Hall–Kier alpha value is -1.74. The molecular formula is C17H15ClFN3O2S2. The Morgan fingerprint density at radius 1 is 1.04 bits per heavy atom. The first-order chi connectivity index (χ1) is 12.4. The molecule has 5 nitrogen and oxygen atoms in total. The summed E-state index contributed by atoms with van der Waals surface area (Å²) in [7, 11) is -3.61. The number of hydrogen-bond acceptors (Lipinski definition) is 5. The van der Waals surface area contributed by atoms with Gasteiger partial charge in [-0.3, -0.25) is 0 Å². The number of thiazole rings is 1. The van der Waals surface area contributed by atoms with Crippen molar-refractivity contribution in [1.82, 2.24) is 9.29 Å². The Morgan fingerprint density at radius 2 is 1.73 bits per heavy atom. The van der Waals surface area contributed by atoms with Crippen molar-refractivity contribution in [3.05, 3.63) is 53.3 Å². The predicted molar refractivity (Wildman–Crippen MR) is 102 cm³/mol. The minimum atomic E-state index is -3.61. The van der Waals surface area contributed by atoms with Crippen LogP contribution >= 0.6 is 22.9 Å². The van der Waals surface area contributed by atoms with E-state index in [0.29, 0.717) is 31.2 Å². The van der Waals surface area contributed by atoms with Gasteiger partial charge in [-0.15, -0.1) is 0 Å². The summed E-state index contributed by atoms with van der Waals surface area (Å²) in [6.07, 6.45) is 0. The van der Waals surface area contributed by atoms with Crippen molar-refractivity contribution >= 4 is 48.3 Å². The molecule has 0 amide bonds. The number of aromatic nitrogens is 1. The quantitative estimate of drug-likeness (QED) is 0.660. The molecule has 2 aromatic carbocycles. The molecule has 0 radical (unpaired) electrons. The number of sulfonamides is 1. The molecule has 0 saturated carbocycles. The molecule has 4 rings (SSSR count). The number of para-hydroxylation sites is 1. The molecule has 1 aliphatic rings. The van der Waals surface area contributed by atoms with Gasteiger partial charge in [0.1, 0.15) is 11.3 Å². The summed E-state index contributed by atoms with van der Waals surface area (Å²) in [4.78, 5) is 6.77. The SMILES string of the molecule is O=S(=O)(c1ccc(F)cc1)N1CCN(c2nc3c(Cl)cccc3s2)CC1. The Balaban J connectivity index is 1.51. The molecule has 1 fully saturated rings. The van der Waals surface area contributed by atoms with Crippen LogP contribution in [0.3, 0.4) is 0 Å². The zero-order valence-corrected chi connectivity index (χ0v) is 16.0. The third kappa shape index (κ3) is 3.18. The van der Waals surface area contributed by atoms with Crippen molar-refractivity contribution in [1.29, 1.82) is 0 Å². The highest BCUT2D eigenvalue weighted by atomic mass is 35.5. The first-order valence-corrected chi connectivity index (χ1v) is 10.6. The summed E-state index contributed by atoms with van der Waals surface area (Å²) in [5.74, 6) is -0.455. The second-order valence-corrected chi connectivity index (χ2v) is 9.28. The Morgan fingerprint density at radius 3 is 2.38 bits per heavy atom. The number of nitrogens with zero attached hydrogens (tertiary/aromatic N) is 3. The largest absolute Gasteiger partial charge is 0.345 e. The average molecular weight is 412 g/mol. The summed E-state index contributed by atoms with van der Waals surface area (Å²) >= 11 is 7.73. The standard InChI is InChI=1S/C17H15ClFN3O2S2/c18-14-2-1-3-15-16(14)20-17(25-15)21-8-10-22(11-9-21)26(23,24)13-6-4-12(19)5-7-13/h1-7H,8-11H2. The van der Waals surface area contributed by atoms with Gasteiger partial charge in [0.2, 0.25) is 10.0 Å². The van der Waals surface area contributed by atoms with Crippen molar-refractivity contribution in [2.45, 2.75) is 4.90 Å². The van der Waals surface area contributed by atoms with Crippen LogP contribution in [0.2, 0.25) is 5.02 Å². The van der Waals surface area contributed by atoms with E-state index in [0.717, 1.165) is 27.5 Å². The van der Waals surface area contributed by atoms with Gasteiger partial charge in [0.15, 0.2) is 5.13 Å². The monoisotopic (exact) mass is 411 g/mol. The van der Waals surface area contributed by atoms with Crippen LogP contribution in [0.4, 0.5) is 9.52 Å². The number of rotatable bonds is 3. The average Bonchev–Trinajstić information content (AvgIpc) is 3.08. The molecular weight excluding hydrogens is 397 g/mol. The first-order valence-electron chi connectivity index (χ1n) is 8.01. The number of benzene rings is 2. The van der Waals surface area contributed by atoms with Gasteiger partial charge in [-0.1, -0.05) is 29.0 Å². The Labute approximate surface area is 159 Å². The van der Waals surface area contributed by atoms with Crippen molar-refractivity contribution in [3.63, 3.8) is 0 Å². The molecule has 136 valence electrons. The lowest BCUT2D eigenvalue weighted by atomic mass is 10.3. The van der Waals surface area contributed by atoms with Crippen molar-refractivity contribution < 1.29 is 12.8 Å². The van der Waals surface area contributed by atoms with Crippen LogP contribution in [-0.2, 0) is 10.0 Å². The lowest BCUT2D eigenvalue weighted by Crippen LogP contribution is -2.48. The highest BCUT2D eigenvalue weighted by molar-refractivity contribution is 7.89. The molecule has 26 heavy (non-hydrogen) atoms. The molecule has 3 aromatic rings. The van der Waals surface area contributed by atoms with Crippen molar-refractivity contribution in [2.24, 2.45) is 0 Å². The van der Waals surface area contributed by atoms with E-state index in [1.54, 1.807) is 17.4 Å². The highest BCUT2D eigenvalue weighted by Crippen LogP contribution is 2.33. The van der Waals surface area contributed by atoms with Crippen LogP contribution in [0.25, 0.3) is 10.2 Å². The van der Waals surface area contributed by atoms with Crippen LogP contribution in [0.15, 0.2) is 47.4 Å². The number of piperazine rings is 1. The molecule has 0 atom stereocenters. The van der Waals surface area contributed by atoms with Crippen LogP contribution in [0, 0.1) is 5.82 Å². The maximum absolute atomic E-state index is 13.0. The smallest absolute Gasteiger partial charge is 0.243 e. The van der Waals surface area contributed by atoms with E-state index < -0.39 is 15.8 Å². The van der Waals surface area contributed by atoms with Gasteiger partial charge in [-0.05, 0) is 36.4 Å². The summed E-state index contributed by atoms with van der Waals surface area (Å²) in [5.41, 5.74) is 0.774. The zero-order chi connectivity index (χ0) is 18.3. The molecule has 0 aliphatic carbocycles. The van der Waals surface area contributed by atoms with E-state index in [-0.39, 0.29) is 4.90 Å². The van der Waals surface area contributed by atoms with Crippen LogP contribution in [0.1, 0.15) is 0 Å². The Kier molecular flexibility index (Phi) is 4.60. The minimum Gasteiger partial charge on any atom is -0.345 e. The fourth-order valence-electron chi connectivity index (χ4n) is 2.91. The maximum Gasteiger partial charge on any atom is 0.243 e. The topological polar surface area (TPSA) is 53.5 Å². The van der Waals surface area contributed by atoms with Crippen LogP contribution < -0.4 is 4.90 Å². The second kappa shape index (κ2) is 6.77. The second-order valence-electron chi connectivity index (χ2n) is 5.93. The minimum absolute atomic E-state index is 0.110. The fourth-order valence-corrected chi connectivity index (χ4v) is 5.65.